The van der Waals surface area contributed by atoms with Crippen molar-refractivity contribution >= 4 is 21.6 Å². The average Bonchev–Trinajstić information content (AvgIpc) is 2.64. The molecule has 0 aliphatic carbocycles. The summed E-state index contributed by atoms with van der Waals surface area (Å²) in [5.41, 5.74) is 0. The van der Waals surface area contributed by atoms with Crippen molar-refractivity contribution < 1.29 is 27.8 Å². The lowest BCUT2D eigenvalue weighted by Gasteiger charge is -1.98. The van der Waals surface area contributed by atoms with E-state index in [0.29, 0.717) is 11.1 Å². The van der Waals surface area contributed by atoms with Gasteiger partial charge in [-0.05, 0) is 53.1 Å². The van der Waals surface area contributed by atoms with E-state index in [2.05, 4.69) is 0 Å². The van der Waals surface area contributed by atoms with Gasteiger partial charge in [0.25, 0.3) is 0 Å². The number of hydrogen-bond acceptors (Lipinski definition) is 6. The highest BCUT2D eigenvalue weighted by molar-refractivity contribution is 7.48. The highest BCUT2D eigenvalue weighted by Crippen LogP contribution is 2.39. The second-order valence-corrected chi connectivity index (χ2v) is 7.06. The van der Waals surface area contributed by atoms with Crippen LogP contribution in [-0.4, -0.2) is 5.11 Å². The topological polar surface area (TPSA) is 82.1 Å². The number of phenols is 1. The Bertz CT molecular complexity index is 912. The van der Waals surface area contributed by atoms with Crippen LogP contribution in [0.3, 0.4) is 0 Å². The summed E-state index contributed by atoms with van der Waals surface area (Å²) in [6, 6.07) is 20.9. The van der Waals surface area contributed by atoms with Crippen molar-refractivity contribution in [1.29, 1.82) is 0 Å². The quantitative estimate of drug-likeness (QED) is 0.577. The average molecular weight is 388 g/mol. The van der Waals surface area contributed by atoms with Gasteiger partial charge in [0.1, 0.15) is 5.75 Å². The van der Waals surface area contributed by atoms with Crippen molar-refractivity contribution in [1.82, 2.24) is 0 Å². The zero-order valence-electron chi connectivity index (χ0n) is 13.4. The van der Waals surface area contributed by atoms with E-state index in [4.69, 9.17) is 13.6 Å². The molecule has 0 saturated carbocycles. The Balaban J connectivity index is 1.70. The molecule has 0 aliphatic rings. The largest absolute Gasteiger partial charge is 0.805 e. The van der Waals surface area contributed by atoms with Crippen LogP contribution in [0.15, 0.2) is 78.9 Å². The molecule has 0 aliphatic heterocycles. The Labute approximate surface area is 151 Å². The Morgan fingerprint density at radius 3 is 1.88 bits per heavy atom. The van der Waals surface area contributed by atoms with Crippen LogP contribution in [0, 0.1) is 0 Å². The van der Waals surface area contributed by atoms with E-state index in [1.54, 1.807) is 42.5 Å². The standard InChI is InChI=1S/C18H13O6P2/c19-14-10-12-16(13-11-14)25(20)23-17-8-4-5-9-18(17)24-26(21)22-15-6-2-1-3-7-15/h1-13H/q+1/p+1. The van der Waals surface area contributed by atoms with Crippen LogP contribution in [0.1, 0.15) is 0 Å². The first kappa shape index (κ1) is 17.9. The minimum Gasteiger partial charge on any atom is -0.508 e. The van der Waals surface area contributed by atoms with Gasteiger partial charge in [-0.2, -0.15) is 0 Å². The molecule has 26 heavy (non-hydrogen) atoms. The maximum Gasteiger partial charge on any atom is 0.805 e. The molecule has 0 heterocycles. The van der Waals surface area contributed by atoms with Crippen molar-refractivity contribution in [3.63, 3.8) is 0 Å². The number of phenolic OH excluding ortho intramolecular Hbond substituents is 1. The smallest absolute Gasteiger partial charge is 0.508 e. The first-order valence-electron chi connectivity index (χ1n) is 7.53. The first-order valence-corrected chi connectivity index (χ1v) is 9.80. The lowest BCUT2D eigenvalue weighted by atomic mass is 10.3. The molecular formula is C18H14O6P2+2. The fraction of sp³-hybridized carbons (Fsp3) is 0. The van der Waals surface area contributed by atoms with Crippen molar-refractivity contribution in [2.45, 2.75) is 0 Å². The zero-order chi connectivity index (χ0) is 18.4. The van der Waals surface area contributed by atoms with Crippen molar-refractivity contribution in [2.75, 3.05) is 0 Å². The second kappa shape index (κ2) is 8.43. The molecule has 6 nitrogen and oxygen atoms in total. The minimum atomic E-state index is -2.49. The second-order valence-electron chi connectivity index (χ2n) is 5.03. The summed E-state index contributed by atoms with van der Waals surface area (Å²) in [6.45, 7) is 0. The molecule has 0 amide bonds. The molecule has 0 radical (unpaired) electrons. The number of hydrogen-bond donors (Lipinski definition) is 1. The van der Waals surface area contributed by atoms with Gasteiger partial charge >= 0.3 is 16.3 Å². The number of aromatic hydroxyl groups is 1. The molecule has 0 saturated heterocycles. The summed E-state index contributed by atoms with van der Waals surface area (Å²) in [7, 11) is -4.72. The fourth-order valence-electron chi connectivity index (χ4n) is 1.98. The molecule has 130 valence electrons. The lowest BCUT2D eigenvalue weighted by molar-refractivity contribution is 0.406. The van der Waals surface area contributed by atoms with E-state index in [-0.39, 0.29) is 17.2 Å². The molecule has 0 fully saturated rings. The summed E-state index contributed by atoms with van der Waals surface area (Å²) in [5, 5.41) is 9.69. The maximum atomic E-state index is 12.3. The van der Waals surface area contributed by atoms with Crippen LogP contribution in [0.5, 0.6) is 23.0 Å². The van der Waals surface area contributed by atoms with Gasteiger partial charge in [-0.25, -0.2) is 13.6 Å². The summed E-state index contributed by atoms with van der Waals surface area (Å²) < 4.78 is 40.4. The fourth-order valence-corrected chi connectivity index (χ4v) is 3.45. The Hall–Kier alpha value is -2.94. The van der Waals surface area contributed by atoms with Gasteiger partial charge in [0, 0.05) is 4.57 Å². The van der Waals surface area contributed by atoms with Gasteiger partial charge in [-0.3, -0.25) is 0 Å². The predicted octanol–water partition coefficient (Wildman–Crippen LogP) is 4.95. The summed E-state index contributed by atoms with van der Waals surface area (Å²) in [4.78, 5) is 0. The van der Waals surface area contributed by atoms with Gasteiger partial charge in [0.2, 0.25) is 16.8 Å². The third kappa shape index (κ3) is 4.79. The van der Waals surface area contributed by atoms with Crippen LogP contribution in [0.4, 0.5) is 0 Å². The number of para-hydroxylation sites is 3. The van der Waals surface area contributed by atoms with Gasteiger partial charge in [-0.15, -0.1) is 0 Å². The van der Waals surface area contributed by atoms with Gasteiger partial charge < -0.3 is 5.11 Å². The van der Waals surface area contributed by atoms with Crippen LogP contribution in [-0.2, 0) is 9.13 Å². The van der Waals surface area contributed by atoms with E-state index in [9.17, 15) is 14.2 Å². The zero-order valence-corrected chi connectivity index (χ0v) is 15.2. The SMILES string of the molecule is O=[P+](Oc1ccccc1)Oc1ccccc1O[P+](=O)c1ccc(O)cc1. The molecule has 2 unspecified atom stereocenters. The first-order chi connectivity index (χ1) is 12.6. The Morgan fingerprint density at radius 2 is 1.23 bits per heavy atom. The molecule has 8 heteroatoms. The molecule has 2 atom stereocenters. The minimum absolute atomic E-state index is 0.0657. The van der Waals surface area contributed by atoms with Gasteiger partial charge in [0.15, 0.2) is 5.75 Å². The molecule has 3 rings (SSSR count). The highest BCUT2D eigenvalue weighted by Gasteiger charge is 2.30. The van der Waals surface area contributed by atoms with Crippen molar-refractivity contribution in [3.8, 4) is 23.0 Å². The predicted molar refractivity (Wildman–Crippen MR) is 97.7 cm³/mol. The van der Waals surface area contributed by atoms with Crippen LogP contribution >= 0.6 is 16.3 Å². The van der Waals surface area contributed by atoms with Crippen molar-refractivity contribution in [2.24, 2.45) is 0 Å². The third-order valence-electron chi connectivity index (χ3n) is 3.19. The van der Waals surface area contributed by atoms with E-state index in [0.717, 1.165) is 0 Å². The summed E-state index contributed by atoms with van der Waals surface area (Å²) in [5.74, 6) is 0.784. The van der Waals surface area contributed by atoms with Gasteiger partial charge in [0.05, 0.1) is 0 Å². The molecular weight excluding hydrogens is 374 g/mol. The molecule has 1 N–H and O–H groups in total. The van der Waals surface area contributed by atoms with E-state index < -0.39 is 16.3 Å². The van der Waals surface area contributed by atoms with E-state index in [1.807, 2.05) is 6.07 Å². The molecule has 0 spiro atoms. The van der Waals surface area contributed by atoms with E-state index >= 15 is 0 Å². The summed E-state index contributed by atoms with van der Waals surface area (Å²) in [6.07, 6.45) is 0. The Kier molecular flexibility index (Phi) is 5.80. The Morgan fingerprint density at radius 1 is 0.654 bits per heavy atom. The normalized spacial score (nSPS) is 11.4. The summed E-state index contributed by atoms with van der Waals surface area (Å²) >= 11 is 0. The molecule has 3 aromatic carbocycles. The number of benzene rings is 3. The maximum absolute atomic E-state index is 12.3. The molecule has 3 aromatic rings. The van der Waals surface area contributed by atoms with E-state index in [1.165, 1.54) is 30.3 Å². The molecule has 0 bridgehead atoms. The van der Waals surface area contributed by atoms with Crippen molar-refractivity contribution in [3.05, 3.63) is 78.9 Å². The lowest BCUT2D eigenvalue weighted by Crippen LogP contribution is -1.99. The highest BCUT2D eigenvalue weighted by atomic mass is 31.1. The number of rotatable bonds is 7. The van der Waals surface area contributed by atoms with Gasteiger partial charge in [-0.1, -0.05) is 30.3 Å². The van der Waals surface area contributed by atoms with Crippen LogP contribution in [0.2, 0.25) is 0 Å². The van der Waals surface area contributed by atoms with Crippen LogP contribution in [0.25, 0.3) is 0 Å². The molecule has 0 aromatic heterocycles. The monoisotopic (exact) mass is 388 g/mol. The van der Waals surface area contributed by atoms with Crippen LogP contribution < -0.4 is 18.9 Å². The third-order valence-corrected chi connectivity index (χ3v) is 4.97.